The van der Waals surface area contributed by atoms with Gasteiger partial charge in [-0.15, -0.1) is 0 Å². The number of aryl methyl sites for hydroxylation is 1. The lowest BCUT2D eigenvalue weighted by atomic mass is 10.2. The fraction of sp³-hybridized carbons (Fsp3) is 0.231. The van der Waals surface area contributed by atoms with E-state index in [1.807, 2.05) is 30.9 Å². The molecule has 0 bridgehead atoms. The van der Waals surface area contributed by atoms with Gasteiger partial charge in [-0.1, -0.05) is 0 Å². The maximum Gasteiger partial charge on any atom is 0.181 e. The van der Waals surface area contributed by atoms with Crippen molar-refractivity contribution in [3.63, 3.8) is 0 Å². The average Bonchev–Trinajstić information content (AvgIpc) is 3.11. The molecule has 3 aromatic rings. The lowest BCUT2D eigenvalue weighted by Gasteiger charge is -2.10. The summed E-state index contributed by atoms with van der Waals surface area (Å²) in [6.07, 6.45) is 6.75. The molecule has 0 aliphatic heterocycles. The van der Waals surface area contributed by atoms with Gasteiger partial charge in [0.25, 0.3) is 0 Å². The van der Waals surface area contributed by atoms with Crippen LogP contribution >= 0.6 is 0 Å². The Morgan fingerprint density at radius 3 is 2.81 bits per heavy atom. The van der Waals surface area contributed by atoms with Gasteiger partial charge in [0.15, 0.2) is 11.6 Å². The Hall–Kier alpha value is -2.90. The first-order valence-corrected chi connectivity index (χ1v) is 6.48. The minimum atomic E-state index is 0.461. The number of hydrogen-bond acceptors (Lipinski definition) is 6. The Balaban J connectivity index is 1.83. The molecule has 0 atom stereocenters. The summed E-state index contributed by atoms with van der Waals surface area (Å²) in [5.74, 6) is 1.14. The molecule has 0 radical (unpaired) electrons. The van der Waals surface area contributed by atoms with E-state index in [1.165, 1.54) is 6.33 Å². The molecule has 0 aliphatic rings. The maximum absolute atomic E-state index is 6.11. The number of aromatic nitrogens is 6. The first-order valence-electron chi connectivity index (χ1n) is 6.48. The zero-order chi connectivity index (χ0) is 14.8. The van der Waals surface area contributed by atoms with Gasteiger partial charge in [0.2, 0.25) is 0 Å². The van der Waals surface area contributed by atoms with E-state index in [1.54, 1.807) is 17.1 Å². The molecule has 3 aromatic heterocycles. The average molecular weight is 284 g/mol. The predicted molar refractivity (Wildman–Crippen MR) is 78.8 cm³/mol. The summed E-state index contributed by atoms with van der Waals surface area (Å²) in [5.41, 5.74) is 8.77. The number of rotatable bonds is 4. The largest absolute Gasteiger partial charge is 0.393 e. The number of nitrogen functional groups attached to an aromatic ring is 1. The third kappa shape index (κ3) is 2.42. The molecule has 0 amide bonds. The molecule has 108 valence electrons. The summed E-state index contributed by atoms with van der Waals surface area (Å²) in [6.45, 7) is 2.61. The van der Waals surface area contributed by atoms with Gasteiger partial charge < -0.3 is 11.1 Å². The van der Waals surface area contributed by atoms with Crippen LogP contribution in [0.3, 0.4) is 0 Å². The van der Waals surface area contributed by atoms with E-state index in [4.69, 9.17) is 5.73 Å². The smallest absolute Gasteiger partial charge is 0.181 e. The molecule has 0 unspecified atom stereocenters. The van der Waals surface area contributed by atoms with E-state index in [-0.39, 0.29) is 0 Å². The second-order valence-electron chi connectivity index (χ2n) is 4.64. The second kappa shape index (κ2) is 5.23. The molecule has 0 spiro atoms. The van der Waals surface area contributed by atoms with Crippen molar-refractivity contribution in [2.45, 2.75) is 13.5 Å². The molecule has 3 N–H and O–H groups in total. The van der Waals surface area contributed by atoms with E-state index in [0.717, 1.165) is 11.3 Å². The quantitative estimate of drug-likeness (QED) is 0.738. The molecule has 8 nitrogen and oxygen atoms in total. The highest BCUT2D eigenvalue weighted by Gasteiger charge is 2.11. The number of nitrogens with zero attached hydrogens (tertiary/aromatic N) is 6. The van der Waals surface area contributed by atoms with Crippen LogP contribution in [0.2, 0.25) is 0 Å². The summed E-state index contributed by atoms with van der Waals surface area (Å²) in [4.78, 5) is 8.35. The summed E-state index contributed by atoms with van der Waals surface area (Å²) in [6, 6.07) is 1.81. The second-order valence-corrected chi connectivity index (χ2v) is 4.64. The molecular weight excluding hydrogens is 268 g/mol. The SMILES string of the molecule is Cc1c(CNc2ncnc(-n3cccn3)c2N)cnn1C. The summed E-state index contributed by atoms with van der Waals surface area (Å²) in [7, 11) is 1.91. The number of anilines is 2. The van der Waals surface area contributed by atoms with Gasteiger partial charge >= 0.3 is 0 Å². The van der Waals surface area contributed by atoms with Crippen molar-refractivity contribution in [1.82, 2.24) is 29.5 Å². The molecule has 0 saturated carbocycles. The lowest BCUT2D eigenvalue weighted by molar-refractivity contribution is 0.738. The predicted octanol–water partition coefficient (Wildman–Crippen LogP) is 0.899. The van der Waals surface area contributed by atoms with E-state index in [9.17, 15) is 0 Å². The minimum Gasteiger partial charge on any atom is -0.393 e. The van der Waals surface area contributed by atoms with Crippen LogP contribution in [0, 0.1) is 6.92 Å². The fourth-order valence-corrected chi connectivity index (χ4v) is 2.00. The standard InChI is InChI=1S/C13H16N8/c1-9-10(7-19-20(9)2)6-15-12-11(14)13(17-8-16-12)21-5-3-4-18-21/h3-5,7-8H,6,14H2,1-2H3,(H,15,16,17). The van der Waals surface area contributed by atoms with Crippen molar-refractivity contribution >= 4 is 11.5 Å². The monoisotopic (exact) mass is 284 g/mol. The van der Waals surface area contributed by atoms with Crippen LogP contribution < -0.4 is 11.1 Å². The van der Waals surface area contributed by atoms with Crippen LogP contribution in [0.15, 0.2) is 31.0 Å². The van der Waals surface area contributed by atoms with Gasteiger partial charge in [0.1, 0.15) is 12.0 Å². The van der Waals surface area contributed by atoms with Crippen molar-refractivity contribution in [2.24, 2.45) is 7.05 Å². The van der Waals surface area contributed by atoms with Crippen LogP contribution in [0.1, 0.15) is 11.3 Å². The highest BCUT2D eigenvalue weighted by Crippen LogP contribution is 2.21. The first kappa shape index (κ1) is 13.1. The number of nitrogens with two attached hydrogens (primary N) is 1. The highest BCUT2D eigenvalue weighted by atomic mass is 15.3. The van der Waals surface area contributed by atoms with Crippen LogP contribution in [0.5, 0.6) is 0 Å². The molecule has 3 rings (SSSR count). The van der Waals surface area contributed by atoms with Crippen molar-refractivity contribution in [3.8, 4) is 5.82 Å². The lowest BCUT2D eigenvalue weighted by Crippen LogP contribution is -2.10. The summed E-state index contributed by atoms with van der Waals surface area (Å²) in [5, 5.41) is 11.6. The van der Waals surface area contributed by atoms with Crippen LogP contribution in [0.25, 0.3) is 5.82 Å². The minimum absolute atomic E-state index is 0.461. The molecule has 0 aliphatic carbocycles. The van der Waals surface area contributed by atoms with Gasteiger partial charge in [-0.3, -0.25) is 4.68 Å². The molecule has 0 saturated heterocycles. The fourth-order valence-electron chi connectivity index (χ4n) is 2.00. The Bertz CT molecular complexity index is 744. The maximum atomic E-state index is 6.11. The molecule has 3 heterocycles. The van der Waals surface area contributed by atoms with Gasteiger partial charge in [0, 0.05) is 37.2 Å². The van der Waals surface area contributed by atoms with Gasteiger partial charge in [-0.2, -0.15) is 10.2 Å². The third-order valence-electron chi connectivity index (χ3n) is 3.37. The molecule has 21 heavy (non-hydrogen) atoms. The van der Waals surface area contributed by atoms with E-state index in [0.29, 0.717) is 23.9 Å². The van der Waals surface area contributed by atoms with Crippen molar-refractivity contribution in [1.29, 1.82) is 0 Å². The van der Waals surface area contributed by atoms with Gasteiger partial charge in [-0.05, 0) is 13.0 Å². The zero-order valence-corrected chi connectivity index (χ0v) is 11.9. The topological polar surface area (TPSA) is 99.5 Å². The first-order chi connectivity index (χ1) is 10.2. The van der Waals surface area contributed by atoms with E-state index >= 15 is 0 Å². The van der Waals surface area contributed by atoms with Crippen molar-refractivity contribution < 1.29 is 0 Å². The Kier molecular flexibility index (Phi) is 3.27. The highest BCUT2D eigenvalue weighted by molar-refractivity contribution is 5.68. The number of nitrogens with one attached hydrogen (secondary N) is 1. The Morgan fingerprint density at radius 2 is 2.14 bits per heavy atom. The van der Waals surface area contributed by atoms with E-state index < -0.39 is 0 Å². The van der Waals surface area contributed by atoms with E-state index in [2.05, 4.69) is 25.5 Å². The molecular formula is C13H16N8. The Morgan fingerprint density at radius 1 is 1.29 bits per heavy atom. The number of hydrogen-bond donors (Lipinski definition) is 2. The summed E-state index contributed by atoms with van der Waals surface area (Å²) >= 11 is 0. The van der Waals surface area contributed by atoms with Crippen LogP contribution in [-0.4, -0.2) is 29.5 Å². The normalized spacial score (nSPS) is 10.8. The zero-order valence-electron chi connectivity index (χ0n) is 11.9. The summed E-state index contributed by atoms with van der Waals surface area (Å²) < 4.78 is 3.44. The van der Waals surface area contributed by atoms with Gasteiger partial charge in [-0.25, -0.2) is 14.6 Å². The van der Waals surface area contributed by atoms with Gasteiger partial charge in [0.05, 0.1) is 6.20 Å². The van der Waals surface area contributed by atoms with Crippen molar-refractivity contribution in [2.75, 3.05) is 11.1 Å². The molecule has 0 aromatic carbocycles. The van der Waals surface area contributed by atoms with Crippen LogP contribution in [0.4, 0.5) is 11.5 Å². The molecule has 8 heteroatoms. The Labute approximate surface area is 121 Å². The van der Waals surface area contributed by atoms with Crippen LogP contribution in [-0.2, 0) is 13.6 Å². The van der Waals surface area contributed by atoms with Crippen molar-refractivity contribution in [3.05, 3.63) is 42.2 Å². The molecule has 0 fully saturated rings. The third-order valence-corrected chi connectivity index (χ3v) is 3.37.